The van der Waals surface area contributed by atoms with Crippen LogP contribution in [0, 0.1) is 17.2 Å². The molecule has 2 aromatic carbocycles. The maximum atomic E-state index is 9.12. The minimum absolute atomic E-state index is 0.190. The molecule has 1 aliphatic rings. The Kier molecular flexibility index (Phi) is 3.48. The molecule has 0 amide bonds. The van der Waals surface area contributed by atoms with Crippen molar-refractivity contribution in [3.05, 3.63) is 48.0 Å². The monoisotopic (exact) mass is 250 g/mol. The number of hydrogen-bond acceptors (Lipinski definition) is 2. The molecule has 96 valence electrons. The lowest BCUT2D eigenvalue weighted by atomic mass is 10.0. The van der Waals surface area contributed by atoms with E-state index in [1.54, 1.807) is 0 Å². The van der Waals surface area contributed by atoms with Crippen LogP contribution in [0.25, 0.3) is 10.8 Å². The van der Waals surface area contributed by atoms with E-state index in [2.05, 4.69) is 53.9 Å². The lowest BCUT2D eigenvalue weighted by Crippen LogP contribution is -2.31. The average Bonchev–Trinajstić information content (AvgIpc) is 2.92. The van der Waals surface area contributed by atoms with Crippen LogP contribution in [0.3, 0.4) is 0 Å². The number of fused-ring (bicyclic) bond motifs is 1. The second kappa shape index (κ2) is 5.42. The van der Waals surface area contributed by atoms with Crippen molar-refractivity contribution in [2.45, 2.75) is 31.8 Å². The first-order chi connectivity index (χ1) is 9.38. The van der Waals surface area contributed by atoms with Gasteiger partial charge in [0.05, 0.1) is 12.0 Å². The Hall–Kier alpha value is -1.85. The third-order valence-electron chi connectivity index (χ3n) is 4.12. The quantitative estimate of drug-likeness (QED) is 0.903. The van der Waals surface area contributed by atoms with Crippen molar-refractivity contribution >= 4 is 10.8 Å². The summed E-state index contributed by atoms with van der Waals surface area (Å²) in [7, 11) is 0. The summed E-state index contributed by atoms with van der Waals surface area (Å²) in [5.41, 5.74) is 1.32. The molecule has 0 saturated heterocycles. The van der Waals surface area contributed by atoms with Gasteiger partial charge in [0.25, 0.3) is 0 Å². The number of rotatable bonds is 3. The van der Waals surface area contributed by atoms with E-state index in [-0.39, 0.29) is 5.92 Å². The van der Waals surface area contributed by atoms with Crippen molar-refractivity contribution in [1.82, 2.24) is 5.32 Å². The lowest BCUT2D eigenvalue weighted by molar-refractivity contribution is 0.465. The van der Waals surface area contributed by atoms with Crippen LogP contribution < -0.4 is 5.32 Å². The summed E-state index contributed by atoms with van der Waals surface area (Å²) < 4.78 is 0. The molecular formula is C17H18N2. The second-order valence-electron chi connectivity index (χ2n) is 5.29. The summed E-state index contributed by atoms with van der Waals surface area (Å²) in [6.45, 7) is 0.851. The van der Waals surface area contributed by atoms with Crippen LogP contribution in [0.2, 0.25) is 0 Å². The van der Waals surface area contributed by atoms with E-state index >= 15 is 0 Å². The Morgan fingerprint density at radius 3 is 2.84 bits per heavy atom. The first kappa shape index (κ1) is 12.2. The molecule has 19 heavy (non-hydrogen) atoms. The first-order valence-corrected chi connectivity index (χ1v) is 6.98. The topological polar surface area (TPSA) is 35.8 Å². The van der Waals surface area contributed by atoms with Gasteiger partial charge in [-0.15, -0.1) is 0 Å². The zero-order valence-corrected chi connectivity index (χ0v) is 11.0. The predicted octanol–water partition coefficient (Wildman–Crippen LogP) is 3.62. The highest BCUT2D eigenvalue weighted by molar-refractivity contribution is 5.85. The van der Waals surface area contributed by atoms with E-state index in [0.717, 1.165) is 19.4 Å². The van der Waals surface area contributed by atoms with Gasteiger partial charge in [-0.2, -0.15) is 5.26 Å². The Bertz CT molecular complexity index is 607. The van der Waals surface area contributed by atoms with Gasteiger partial charge < -0.3 is 5.32 Å². The number of hydrogen-bond donors (Lipinski definition) is 1. The minimum Gasteiger partial charge on any atom is -0.309 e. The minimum atomic E-state index is 0.190. The standard InChI is InChI=1S/C17H18N2/c18-11-14-7-4-10-17(14)19-12-15-8-3-6-13-5-1-2-9-16(13)15/h1-3,5-6,8-9,14,17,19H,4,7,10,12H2. The van der Waals surface area contributed by atoms with Crippen molar-refractivity contribution in [2.75, 3.05) is 0 Å². The molecule has 1 fully saturated rings. The summed E-state index contributed by atoms with van der Waals surface area (Å²) >= 11 is 0. The maximum absolute atomic E-state index is 9.12. The van der Waals surface area contributed by atoms with E-state index in [0.29, 0.717) is 6.04 Å². The smallest absolute Gasteiger partial charge is 0.0672 e. The Labute approximate surface area is 114 Å². The van der Waals surface area contributed by atoms with Crippen LogP contribution in [0.1, 0.15) is 24.8 Å². The molecule has 0 aliphatic heterocycles. The summed E-state index contributed by atoms with van der Waals surface area (Å²) in [6, 6.07) is 17.7. The molecule has 2 atom stereocenters. The average molecular weight is 250 g/mol. The van der Waals surface area contributed by atoms with Crippen molar-refractivity contribution < 1.29 is 0 Å². The highest BCUT2D eigenvalue weighted by Gasteiger charge is 2.26. The molecule has 2 aromatic rings. The molecule has 1 saturated carbocycles. The van der Waals surface area contributed by atoms with Crippen LogP contribution in [0.4, 0.5) is 0 Å². The van der Waals surface area contributed by atoms with E-state index in [9.17, 15) is 0 Å². The molecule has 0 radical (unpaired) electrons. The molecule has 3 rings (SSSR count). The number of nitrogens with one attached hydrogen (secondary N) is 1. The zero-order chi connectivity index (χ0) is 13.1. The molecule has 0 bridgehead atoms. The molecule has 0 aromatic heterocycles. The molecule has 2 heteroatoms. The molecule has 1 N–H and O–H groups in total. The van der Waals surface area contributed by atoms with E-state index < -0.39 is 0 Å². The van der Waals surface area contributed by atoms with Gasteiger partial charge in [-0.1, -0.05) is 48.9 Å². The largest absolute Gasteiger partial charge is 0.309 e. The van der Waals surface area contributed by atoms with Gasteiger partial charge in [0.2, 0.25) is 0 Å². The van der Waals surface area contributed by atoms with Gasteiger partial charge in [-0.3, -0.25) is 0 Å². The molecule has 0 spiro atoms. The van der Waals surface area contributed by atoms with Crippen LogP contribution in [0.5, 0.6) is 0 Å². The summed E-state index contributed by atoms with van der Waals surface area (Å²) in [5.74, 6) is 0.190. The lowest BCUT2D eigenvalue weighted by Gasteiger charge is -2.16. The normalized spacial score (nSPS) is 22.5. The first-order valence-electron chi connectivity index (χ1n) is 6.98. The Morgan fingerprint density at radius 2 is 1.95 bits per heavy atom. The van der Waals surface area contributed by atoms with Gasteiger partial charge in [0, 0.05) is 12.6 Å². The second-order valence-corrected chi connectivity index (χ2v) is 5.29. The summed E-state index contributed by atoms with van der Waals surface area (Å²) in [6.07, 6.45) is 3.35. The van der Waals surface area contributed by atoms with Crippen LogP contribution >= 0.6 is 0 Å². The number of nitriles is 1. The van der Waals surface area contributed by atoms with Crippen molar-refractivity contribution in [1.29, 1.82) is 5.26 Å². The number of nitrogens with zero attached hydrogens (tertiary/aromatic N) is 1. The molecular weight excluding hydrogens is 232 g/mol. The van der Waals surface area contributed by atoms with Crippen molar-refractivity contribution in [3.8, 4) is 6.07 Å². The highest BCUT2D eigenvalue weighted by Crippen LogP contribution is 2.26. The predicted molar refractivity (Wildman–Crippen MR) is 77.5 cm³/mol. The SMILES string of the molecule is N#CC1CCCC1NCc1cccc2ccccc12. The zero-order valence-electron chi connectivity index (χ0n) is 11.0. The van der Waals surface area contributed by atoms with E-state index in [1.165, 1.54) is 22.8 Å². The Morgan fingerprint density at radius 1 is 1.11 bits per heavy atom. The van der Waals surface area contributed by atoms with Gasteiger partial charge in [0.15, 0.2) is 0 Å². The Balaban J connectivity index is 1.77. The molecule has 0 heterocycles. The summed E-state index contributed by atoms with van der Waals surface area (Å²) in [4.78, 5) is 0. The fourth-order valence-electron chi connectivity index (χ4n) is 3.05. The van der Waals surface area contributed by atoms with Crippen LogP contribution in [-0.2, 0) is 6.54 Å². The van der Waals surface area contributed by atoms with Gasteiger partial charge in [-0.25, -0.2) is 0 Å². The van der Waals surface area contributed by atoms with Crippen LogP contribution in [0.15, 0.2) is 42.5 Å². The third kappa shape index (κ3) is 2.47. The number of benzene rings is 2. The highest BCUT2D eigenvalue weighted by atomic mass is 14.9. The summed E-state index contributed by atoms with van der Waals surface area (Å²) in [5, 5.41) is 15.3. The van der Waals surface area contributed by atoms with Gasteiger partial charge >= 0.3 is 0 Å². The van der Waals surface area contributed by atoms with Gasteiger partial charge in [0.1, 0.15) is 0 Å². The van der Waals surface area contributed by atoms with Crippen molar-refractivity contribution in [2.24, 2.45) is 5.92 Å². The maximum Gasteiger partial charge on any atom is 0.0672 e. The fraction of sp³-hybridized carbons (Fsp3) is 0.353. The van der Waals surface area contributed by atoms with E-state index in [1.807, 2.05) is 0 Å². The fourth-order valence-corrected chi connectivity index (χ4v) is 3.05. The van der Waals surface area contributed by atoms with Gasteiger partial charge in [-0.05, 0) is 29.2 Å². The molecule has 1 aliphatic carbocycles. The third-order valence-corrected chi connectivity index (χ3v) is 4.12. The molecule has 2 nitrogen and oxygen atoms in total. The van der Waals surface area contributed by atoms with E-state index in [4.69, 9.17) is 5.26 Å². The molecule has 2 unspecified atom stereocenters. The van der Waals surface area contributed by atoms with Crippen LogP contribution in [-0.4, -0.2) is 6.04 Å². The van der Waals surface area contributed by atoms with Crippen molar-refractivity contribution in [3.63, 3.8) is 0 Å².